The third-order valence-electron chi connectivity index (χ3n) is 3.26. The van der Waals surface area contributed by atoms with E-state index in [0.717, 1.165) is 29.6 Å². The van der Waals surface area contributed by atoms with Crippen molar-refractivity contribution < 1.29 is 9.53 Å². The number of nitrogens with zero attached hydrogens (tertiary/aromatic N) is 2. The molecule has 1 N–H and O–H groups in total. The maximum absolute atomic E-state index is 12.0. The Kier molecular flexibility index (Phi) is 4.40. The van der Waals surface area contributed by atoms with Gasteiger partial charge in [-0.1, -0.05) is 0 Å². The minimum atomic E-state index is -0.308. The van der Waals surface area contributed by atoms with Gasteiger partial charge in [-0.05, 0) is 42.6 Å². The number of aromatic nitrogens is 2. The number of ether oxygens (including phenoxy) is 1. The van der Waals surface area contributed by atoms with Gasteiger partial charge in [0.25, 0.3) is 0 Å². The maximum atomic E-state index is 12.0. The SMILES string of the molecule is Cc1c(Br)cnn1C(C)C(=O)NCC1CCCO1. The van der Waals surface area contributed by atoms with Crippen molar-refractivity contribution >= 4 is 21.8 Å². The number of hydrogen-bond acceptors (Lipinski definition) is 3. The van der Waals surface area contributed by atoms with Crippen LogP contribution in [0.25, 0.3) is 0 Å². The molecule has 1 aliphatic heterocycles. The van der Waals surface area contributed by atoms with Crippen LogP contribution in [0.2, 0.25) is 0 Å². The minimum Gasteiger partial charge on any atom is -0.376 e. The first-order valence-electron chi connectivity index (χ1n) is 6.18. The molecule has 0 aromatic carbocycles. The molecule has 1 aliphatic rings. The zero-order valence-electron chi connectivity index (χ0n) is 10.6. The number of amides is 1. The quantitative estimate of drug-likeness (QED) is 0.922. The standard InChI is InChI=1S/C12H18BrN3O2/c1-8-11(13)7-15-16(8)9(2)12(17)14-6-10-4-3-5-18-10/h7,9-10H,3-6H2,1-2H3,(H,14,17). The van der Waals surface area contributed by atoms with Crippen LogP contribution < -0.4 is 5.32 Å². The summed E-state index contributed by atoms with van der Waals surface area (Å²) in [7, 11) is 0. The summed E-state index contributed by atoms with van der Waals surface area (Å²) in [6.45, 7) is 5.17. The number of carbonyl (C=O) groups is 1. The van der Waals surface area contributed by atoms with E-state index < -0.39 is 0 Å². The first kappa shape index (κ1) is 13.5. The summed E-state index contributed by atoms with van der Waals surface area (Å²) in [5, 5.41) is 7.11. The van der Waals surface area contributed by atoms with E-state index in [1.165, 1.54) is 0 Å². The van der Waals surface area contributed by atoms with Gasteiger partial charge in [0.05, 0.1) is 22.5 Å². The molecule has 0 radical (unpaired) electrons. The predicted molar refractivity (Wildman–Crippen MR) is 71.4 cm³/mol. The Balaban J connectivity index is 1.90. The van der Waals surface area contributed by atoms with Crippen molar-refractivity contribution in [1.29, 1.82) is 0 Å². The number of rotatable bonds is 4. The second-order valence-electron chi connectivity index (χ2n) is 4.58. The molecule has 2 rings (SSSR count). The number of halogens is 1. The molecule has 1 saturated heterocycles. The van der Waals surface area contributed by atoms with Gasteiger partial charge in [-0.3, -0.25) is 9.48 Å². The Bertz CT molecular complexity index is 427. The molecule has 1 aromatic heterocycles. The average Bonchev–Trinajstić information content (AvgIpc) is 2.97. The smallest absolute Gasteiger partial charge is 0.244 e. The van der Waals surface area contributed by atoms with Gasteiger partial charge in [0, 0.05) is 13.2 Å². The summed E-state index contributed by atoms with van der Waals surface area (Å²) in [6, 6.07) is -0.308. The first-order chi connectivity index (χ1) is 8.59. The largest absolute Gasteiger partial charge is 0.376 e. The highest BCUT2D eigenvalue weighted by Gasteiger charge is 2.21. The maximum Gasteiger partial charge on any atom is 0.244 e. The number of nitrogens with one attached hydrogen (secondary N) is 1. The summed E-state index contributed by atoms with van der Waals surface area (Å²) in [6.07, 6.45) is 3.99. The Morgan fingerprint density at radius 2 is 2.56 bits per heavy atom. The molecule has 1 fully saturated rings. The highest BCUT2D eigenvalue weighted by atomic mass is 79.9. The topological polar surface area (TPSA) is 56.2 Å². The van der Waals surface area contributed by atoms with Crippen molar-refractivity contribution in [3.8, 4) is 0 Å². The zero-order chi connectivity index (χ0) is 13.1. The fourth-order valence-electron chi connectivity index (χ4n) is 2.07. The lowest BCUT2D eigenvalue weighted by Crippen LogP contribution is -2.36. The van der Waals surface area contributed by atoms with Gasteiger partial charge in [-0.15, -0.1) is 0 Å². The zero-order valence-corrected chi connectivity index (χ0v) is 12.2. The molecule has 0 spiro atoms. The van der Waals surface area contributed by atoms with Gasteiger partial charge >= 0.3 is 0 Å². The van der Waals surface area contributed by atoms with Crippen molar-refractivity contribution in [1.82, 2.24) is 15.1 Å². The molecule has 0 bridgehead atoms. The molecule has 6 heteroatoms. The van der Waals surface area contributed by atoms with Gasteiger partial charge in [-0.25, -0.2) is 0 Å². The van der Waals surface area contributed by atoms with Crippen LogP contribution in [0.3, 0.4) is 0 Å². The molecule has 0 aliphatic carbocycles. The van der Waals surface area contributed by atoms with E-state index in [1.807, 2.05) is 13.8 Å². The van der Waals surface area contributed by atoms with Crippen LogP contribution in [0.1, 0.15) is 31.5 Å². The van der Waals surface area contributed by atoms with Crippen molar-refractivity contribution in [2.24, 2.45) is 0 Å². The highest BCUT2D eigenvalue weighted by molar-refractivity contribution is 9.10. The monoisotopic (exact) mass is 315 g/mol. The predicted octanol–water partition coefficient (Wildman–Crippen LogP) is 1.81. The van der Waals surface area contributed by atoms with Gasteiger partial charge in [-0.2, -0.15) is 5.10 Å². The summed E-state index contributed by atoms with van der Waals surface area (Å²) >= 11 is 3.39. The normalized spacial score (nSPS) is 20.9. The lowest BCUT2D eigenvalue weighted by Gasteiger charge is -2.16. The second-order valence-corrected chi connectivity index (χ2v) is 5.43. The van der Waals surface area contributed by atoms with Gasteiger partial charge < -0.3 is 10.1 Å². The number of carbonyl (C=O) groups excluding carboxylic acids is 1. The van der Waals surface area contributed by atoms with Crippen molar-refractivity contribution in [2.45, 2.75) is 38.8 Å². The molecule has 2 unspecified atom stereocenters. The molecule has 0 saturated carbocycles. The van der Waals surface area contributed by atoms with E-state index in [4.69, 9.17) is 4.74 Å². The van der Waals surface area contributed by atoms with Crippen LogP contribution in [0.4, 0.5) is 0 Å². The Morgan fingerprint density at radius 3 is 3.11 bits per heavy atom. The molecule has 5 nitrogen and oxygen atoms in total. The third kappa shape index (κ3) is 2.92. The summed E-state index contributed by atoms with van der Waals surface area (Å²) in [5.74, 6) is -0.0239. The van der Waals surface area contributed by atoms with E-state index in [9.17, 15) is 4.79 Å². The molecular formula is C12H18BrN3O2. The Hall–Kier alpha value is -0.880. The minimum absolute atomic E-state index is 0.0239. The second kappa shape index (κ2) is 5.84. The summed E-state index contributed by atoms with van der Waals surface area (Å²) in [4.78, 5) is 12.0. The van der Waals surface area contributed by atoms with E-state index in [2.05, 4.69) is 26.3 Å². The van der Waals surface area contributed by atoms with Crippen LogP contribution in [-0.2, 0) is 9.53 Å². The van der Waals surface area contributed by atoms with Gasteiger partial charge in [0.2, 0.25) is 5.91 Å². The molecular weight excluding hydrogens is 298 g/mol. The van der Waals surface area contributed by atoms with Crippen LogP contribution in [-0.4, -0.2) is 34.9 Å². The lowest BCUT2D eigenvalue weighted by atomic mass is 10.2. The van der Waals surface area contributed by atoms with E-state index in [0.29, 0.717) is 6.54 Å². The van der Waals surface area contributed by atoms with Crippen molar-refractivity contribution in [3.05, 3.63) is 16.4 Å². The Labute approximate surface area is 115 Å². The van der Waals surface area contributed by atoms with E-state index >= 15 is 0 Å². The molecule has 2 heterocycles. The molecule has 18 heavy (non-hydrogen) atoms. The Morgan fingerprint density at radius 1 is 1.78 bits per heavy atom. The van der Waals surface area contributed by atoms with Crippen LogP contribution in [0.5, 0.6) is 0 Å². The van der Waals surface area contributed by atoms with Crippen LogP contribution in [0, 0.1) is 6.92 Å². The van der Waals surface area contributed by atoms with Crippen molar-refractivity contribution in [3.63, 3.8) is 0 Å². The molecule has 2 atom stereocenters. The van der Waals surface area contributed by atoms with Crippen molar-refractivity contribution in [2.75, 3.05) is 13.2 Å². The highest BCUT2D eigenvalue weighted by Crippen LogP contribution is 2.18. The van der Waals surface area contributed by atoms with Crippen LogP contribution in [0.15, 0.2) is 10.7 Å². The molecule has 100 valence electrons. The van der Waals surface area contributed by atoms with Gasteiger partial charge in [0.15, 0.2) is 0 Å². The summed E-state index contributed by atoms with van der Waals surface area (Å²) in [5.41, 5.74) is 0.953. The lowest BCUT2D eigenvalue weighted by molar-refractivity contribution is -0.124. The van der Waals surface area contributed by atoms with E-state index in [-0.39, 0.29) is 18.1 Å². The fraction of sp³-hybridized carbons (Fsp3) is 0.667. The average molecular weight is 316 g/mol. The third-order valence-corrected chi connectivity index (χ3v) is 4.04. The fourth-order valence-corrected chi connectivity index (χ4v) is 2.34. The van der Waals surface area contributed by atoms with Gasteiger partial charge in [0.1, 0.15) is 6.04 Å². The summed E-state index contributed by atoms with van der Waals surface area (Å²) < 4.78 is 8.11. The van der Waals surface area contributed by atoms with Crippen LogP contribution >= 0.6 is 15.9 Å². The number of hydrogen-bond donors (Lipinski definition) is 1. The first-order valence-corrected chi connectivity index (χ1v) is 6.98. The molecule has 1 amide bonds. The molecule has 1 aromatic rings. The van der Waals surface area contributed by atoms with E-state index in [1.54, 1.807) is 10.9 Å².